The molecule has 2 aliphatic heterocycles. The molecule has 0 spiro atoms. The number of aliphatic hydroxyl groups is 1. The van der Waals surface area contributed by atoms with E-state index in [-0.39, 0.29) is 12.0 Å². The second-order valence-corrected chi connectivity index (χ2v) is 8.42. The van der Waals surface area contributed by atoms with Gasteiger partial charge >= 0.3 is 5.97 Å². The number of morpholine rings is 1. The summed E-state index contributed by atoms with van der Waals surface area (Å²) in [6, 6.07) is 6.82. The van der Waals surface area contributed by atoms with E-state index in [4.69, 9.17) is 14.2 Å². The third kappa shape index (κ3) is 4.77. The Morgan fingerprint density at radius 3 is 2.63 bits per heavy atom. The van der Waals surface area contributed by atoms with Crippen molar-refractivity contribution in [3.63, 3.8) is 0 Å². The van der Waals surface area contributed by atoms with Gasteiger partial charge in [-0.05, 0) is 42.9 Å². The van der Waals surface area contributed by atoms with E-state index in [1.165, 1.54) is 7.11 Å². The minimum atomic E-state index is -0.595. The quantitative estimate of drug-likeness (QED) is 0.707. The monoisotopic (exact) mass is 418 g/mol. The SMILES string of the molecule is COC(=O)c1cccc(O[C@@H]2C[C@@H]3CN(C(=O)CN4CCOCC4)C[C@@H]3C[C@H]2O)c1. The van der Waals surface area contributed by atoms with Gasteiger partial charge in [0.2, 0.25) is 5.91 Å². The van der Waals surface area contributed by atoms with Crippen LogP contribution in [-0.4, -0.2) is 92.0 Å². The van der Waals surface area contributed by atoms with Gasteiger partial charge in [-0.3, -0.25) is 9.69 Å². The largest absolute Gasteiger partial charge is 0.488 e. The van der Waals surface area contributed by atoms with E-state index in [1.54, 1.807) is 24.3 Å². The smallest absolute Gasteiger partial charge is 0.337 e. The third-order valence-corrected chi connectivity index (χ3v) is 6.44. The summed E-state index contributed by atoms with van der Waals surface area (Å²) >= 11 is 0. The van der Waals surface area contributed by atoms with Gasteiger partial charge in [-0.1, -0.05) is 6.07 Å². The Balaban J connectivity index is 1.34. The van der Waals surface area contributed by atoms with E-state index in [0.29, 0.717) is 68.8 Å². The normalized spacial score (nSPS) is 29.3. The van der Waals surface area contributed by atoms with Crippen molar-refractivity contribution in [1.29, 1.82) is 0 Å². The molecule has 2 saturated heterocycles. The number of carbonyl (C=O) groups excluding carboxylic acids is 2. The van der Waals surface area contributed by atoms with Crippen LogP contribution in [0.3, 0.4) is 0 Å². The van der Waals surface area contributed by atoms with Gasteiger partial charge in [0.05, 0.1) is 38.5 Å². The summed E-state index contributed by atoms with van der Waals surface area (Å²) < 4.78 is 16.2. The number of likely N-dealkylation sites (tertiary alicyclic amines) is 1. The Hall–Kier alpha value is -2.16. The van der Waals surface area contributed by atoms with Crippen LogP contribution >= 0.6 is 0 Å². The van der Waals surface area contributed by atoms with Gasteiger partial charge < -0.3 is 24.2 Å². The molecular weight excluding hydrogens is 388 g/mol. The molecule has 1 aliphatic carbocycles. The summed E-state index contributed by atoms with van der Waals surface area (Å²) in [6.07, 6.45) is 0.360. The molecule has 2 heterocycles. The number of hydrogen-bond acceptors (Lipinski definition) is 7. The molecule has 3 aliphatic rings. The first-order chi connectivity index (χ1) is 14.5. The minimum absolute atomic E-state index is 0.157. The van der Waals surface area contributed by atoms with Crippen molar-refractivity contribution in [3.05, 3.63) is 29.8 Å². The van der Waals surface area contributed by atoms with Crippen molar-refractivity contribution in [1.82, 2.24) is 9.80 Å². The number of carbonyl (C=O) groups is 2. The molecule has 0 unspecified atom stereocenters. The van der Waals surface area contributed by atoms with E-state index in [1.807, 2.05) is 4.90 Å². The average molecular weight is 418 g/mol. The fourth-order valence-electron chi connectivity index (χ4n) is 4.76. The zero-order valence-corrected chi connectivity index (χ0v) is 17.4. The van der Waals surface area contributed by atoms with E-state index in [0.717, 1.165) is 13.1 Å². The Morgan fingerprint density at radius 1 is 1.17 bits per heavy atom. The number of amides is 1. The highest BCUT2D eigenvalue weighted by Gasteiger charge is 2.44. The molecule has 8 nitrogen and oxygen atoms in total. The van der Waals surface area contributed by atoms with Crippen LogP contribution in [0.25, 0.3) is 0 Å². The lowest BCUT2D eigenvalue weighted by Crippen LogP contribution is -2.44. The molecule has 0 aromatic heterocycles. The third-order valence-electron chi connectivity index (χ3n) is 6.44. The number of ether oxygens (including phenoxy) is 3. The maximum absolute atomic E-state index is 12.7. The zero-order valence-electron chi connectivity index (χ0n) is 17.4. The molecule has 1 N–H and O–H groups in total. The average Bonchev–Trinajstić information content (AvgIpc) is 3.17. The topological polar surface area (TPSA) is 88.5 Å². The van der Waals surface area contributed by atoms with Gasteiger partial charge in [-0.25, -0.2) is 4.79 Å². The van der Waals surface area contributed by atoms with Crippen LogP contribution in [0.15, 0.2) is 24.3 Å². The van der Waals surface area contributed by atoms with Crippen LogP contribution in [-0.2, 0) is 14.3 Å². The van der Waals surface area contributed by atoms with Crippen molar-refractivity contribution in [2.75, 3.05) is 53.0 Å². The minimum Gasteiger partial charge on any atom is -0.488 e. The molecule has 1 amide bonds. The summed E-state index contributed by atoms with van der Waals surface area (Å²) in [6.45, 7) is 4.81. The highest BCUT2D eigenvalue weighted by Crippen LogP contribution is 2.38. The van der Waals surface area contributed by atoms with Crippen LogP contribution in [0.5, 0.6) is 5.75 Å². The lowest BCUT2D eigenvalue weighted by molar-refractivity contribution is -0.132. The van der Waals surface area contributed by atoms with Gasteiger partial charge in [-0.15, -0.1) is 0 Å². The van der Waals surface area contributed by atoms with Gasteiger partial charge in [0.15, 0.2) is 0 Å². The summed E-state index contributed by atoms with van der Waals surface area (Å²) in [5, 5.41) is 10.6. The summed E-state index contributed by atoms with van der Waals surface area (Å²) in [5.74, 6) is 0.892. The lowest BCUT2D eigenvalue weighted by Gasteiger charge is -2.35. The van der Waals surface area contributed by atoms with Gasteiger partial charge in [-0.2, -0.15) is 0 Å². The number of benzene rings is 1. The maximum atomic E-state index is 12.7. The van der Waals surface area contributed by atoms with Crippen LogP contribution in [0.1, 0.15) is 23.2 Å². The molecule has 0 bridgehead atoms. The number of aliphatic hydroxyl groups excluding tert-OH is 1. The van der Waals surface area contributed by atoms with E-state index >= 15 is 0 Å². The number of methoxy groups -OCH3 is 1. The lowest BCUT2D eigenvalue weighted by atomic mass is 9.78. The van der Waals surface area contributed by atoms with Gasteiger partial charge in [0.25, 0.3) is 0 Å². The van der Waals surface area contributed by atoms with Crippen molar-refractivity contribution in [2.24, 2.45) is 11.8 Å². The number of fused-ring (bicyclic) bond motifs is 1. The predicted octanol–water partition coefficient (Wildman–Crippen LogP) is 0.782. The highest BCUT2D eigenvalue weighted by atomic mass is 16.5. The number of nitrogens with zero attached hydrogens (tertiary/aromatic N) is 2. The summed E-state index contributed by atoms with van der Waals surface area (Å²) in [7, 11) is 1.34. The van der Waals surface area contributed by atoms with Crippen molar-refractivity contribution >= 4 is 11.9 Å². The Bertz CT molecular complexity index is 766. The van der Waals surface area contributed by atoms with Crippen molar-refractivity contribution < 1.29 is 28.9 Å². The first kappa shape index (κ1) is 21.1. The second kappa shape index (κ2) is 9.32. The standard InChI is InChI=1S/C22H30N2O6/c1-28-22(27)15-3-2-4-18(9-15)30-20-11-17-13-24(12-16(17)10-19(20)25)21(26)14-23-5-7-29-8-6-23/h2-4,9,16-17,19-20,25H,5-8,10-14H2,1H3/t16-,17+,19+,20+/m0/s1. The molecule has 1 aromatic carbocycles. The van der Waals surface area contributed by atoms with E-state index in [9.17, 15) is 14.7 Å². The van der Waals surface area contributed by atoms with Crippen LogP contribution < -0.4 is 4.74 Å². The predicted molar refractivity (Wildman–Crippen MR) is 108 cm³/mol. The summed E-state index contributed by atoms with van der Waals surface area (Å²) in [4.78, 5) is 28.6. The van der Waals surface area contributed by atoms with Crippen LogP contribution in [0.4, 0.5) is 0 Å². The highest BCUT2D eigenvalue weighted by molar-refractivity contribution is 5.89. The molecular formula is C22H30N2O6. The number of hydrogen-bond donors (Lipinski definition) is 1. The Kier molecular flexibility index (Phi) is 6.55. The summed E-state index contributed by atoms with van der Waals surface area (Å²) in [5.41, 5.74) is 0.416. The first-order valence-corrected chi connectivity index (χ1v) is 10.6. The number of rotatable bonds is 5. The van der Waals surface area contributed by atoms with E-state index in [2.05, 4.69) is 4.90 Å². The Labute approximate surface area is 176 Å². The Morgan fingerprint density at radius 2 is 1.90 bits per heavy atom. The maximum Gasteiger partial charge on any atom is 0.337 e. The second-order valence-electron chi connectivity index (χ2n) is 8.42. The van der Waals surface area contributed by atoms with Crippen molar-refractivity contribution in [2.45, 2.75) is 25.0 Å². The first-order valence-electron chi connectivity index (χ1n) is 10.6. The molecule has 3 fully saturated rings. The molecule has 8 heteroatoms. The molecule has 4 atom stereocenters. The fraction of sp³-hybridized carbons (Fsp3) is 0.636. The molecule has 164 valence electrons. The number of esters is 1. The fourth-order valence-corrected chi connectivity index (χ4v) is 4.76. The van der Waals surface area contributed by atoms with Gasteiger partial charge in [0.1, 0.15) is 11.9 Å². The molecule has 4 rings (SSSR count). The van der Waals surface area contributed by atoms with Gasteiger partial charge in [0, 0.05) is 26.2 Å². The van der Waals surface area contributed by atoms with Crippen LogP contribution in [0.2, 0.25) is 0 Å². The van der Waals surface area contributed by atoms with Crippen molar-refractivity contribution in [3.8, 4) is 5.75 Å². The zero-order chi connectivity index (χ0) is 21.1. The molecule has 30 heavy (non-hydrogen) atoms. The molecule has 0 radical (unpaired) electrons. The molecule has 1 aromatic rings. The van der Waals surface area contributed by atoms with Crippen LogP contribution in [0, 0.1) is 11.8 Å². The van der Waals surface area contributed by atoms with E-state index < -0.39 is 12.1 Å². The molecule has 1 saturated carbocycles.